The van der Waals surface area contributed by atoms with Gasteiger partial charge in [0.1, 0.15) is 0 Å². The number of pyridine rings is 1. The molecule has 0 spiro atoms. The van der Waals surface area contributed by atoms with Gasteiger partial charge in [-0.15, -0.1) is 0 Å². The molecular weight excluding hydrogens is 314 g/mol. The Hall–Kier alpha value is -1.21. The fraction of sp³-hybridized carbons (Fsp3) is 0.583. The Labute approximate surface area is 119 Å². The molecule has 1 saturated carbocycles. The average Bonchev–Trinajstić information content (AvgIpc) is 3.14. The zero-order valence-corrected chi connectivity index (χ0v) is 12.2. The first kappa shape index (κ1) is 14.2. The third kappa shape index (κ3) is 3.87. The van der Waals surface area contributed by atoms with Crippen LogP contribution < -0.4 is 10.7 Å². The van der Waals surface area contributed by atoms with Gasteiger partial charge in [-0.1, -0.05) is 6.92 Å². The molecule has 0 radical (unpaired) electrons. The Morgan fingerprint density at radius 1 is 1.58 bits per heavy atom. The Morgan fingerprint density at radius 2 is 2.26 bits per heavy atom. The van der Waals surface area contributed by atoms with E-state index < -0.39 is 16.0 Å². The minimum absolute atomic E-state index is 0.226. The van der Waals surface area contributed by atoms with Crippen molar-refractivity contribution in [1.29, 1.82) is 0 Å². The zero-order chi connectivity index (χ0) is 14.0. The van der Waals surface area contributed by atoms with Crippen molar-refractivity contribution in [1.82, 2.24) is 9.88 Å². The van der Waals surface area contributed by atoms with Crippen molar-refractivity contribution in [3.63, 3.8) is 0 Å². The van der Waals surface area contributed by atoms with Gasteiger partial charge in [-0.2, -0.15) is 0 Å². The van der Waals surface area contributed by atoms with E-state index >= 15 is 0 Å². The molecule has 0 saturated heterocycles. The van der Waals surface area contributed by atoms with Gasteiger partial charge >= 0.3 is 5.69 Å². The first-order valence-electron chi connectivity index (χ1n) is 6.24. The fourth-order valence-corrected chi connectivity index (χ4v) is 2.36. The van der Waals surface area contributed by atoms with Crippen LogP contribution in [0.2, 0.25) is 0 Å². The minimum atomic E-state index is -0.642. The van der Waals surface area contributed by atoms with Gasteiger partial charge in [0, 0.05) is 18.8 Å². The molecule has 1 atom stereocenters. The van der Waals surface area contributed by atoms with Crippen molar-refractivity contribution in [2.75, 3.05) is 6.54 Å². The number of nitrogens with zero attached hydrogens (tertiary/aromatic N) is 2. The zero-order valence-electron chi connectivity index (χ0n) is 10.6. The van der Waals surface area contributed by atoms with E-state index in [1.807, 2.05) is 0 Å². The molecule has 1 heterocycles. The van der Waals surface area contributed by atoms with E-state index in [-0.39, 0.29) is 4.47 Å². The SMILES string of the molecule is CC(CNC1CC1)Cn1cc(Br)c(=O)c([N+](=O)[O-])c1. The number of halogens is 1. The molecule has 19 heavy (non-hydrogen) atoms. The lowest BCUT2D eigenvalue weighted by atomic mass is 10.2. The molecule has 1 aromatic heterocycles. The van der Waals surface area contributed by atoms with Crippen LogP contribution in [0.25, 0.3) is 0 Å². The van der Waals surface area contributed by atoms with E-state index in [0.29, 0.717) is 18.5 Å². The van der Waals surface area contributed by atoms with Crippen LogP contribution in [-0.2, 0) is 6.54 Å². The summed E-state index contributed by atoms with van der Waals surface area (Å²) >= 11 is 3.07. The molecule has 0 aliphatic heterocycles. The highest BCUT2D eigenvalue weighted by molar-refractivity contribution is 9.10. The van der Waals surface area contributed by atoms with E-state index in [0.717, 1.165) is 6.54 Å². The summed E-state index contributed by atoms with van der Waals surface area (Å²) in [5.74, 6) is 0.342. The highest BCUT2D eigenvalue weighted by Crippen LogP contribution is 2.19. The second kappa shape index (κ2) is 5.83. The fourth-order valence-electron chi connectivity index (χ4n) is 1.89. The van der Waals surface area contributed by atoms with Crippen molar-refractivity contribution >= 4 is 21.6 Å². The van der Waals surface area contributed by atoms with Gasteiger partial charge in [0.15, 0.2) is 0 Å². The molecule has 2 rings (SSSR count). The molecule has 1 aliphatic rings. The highest BCUT2D eigenvalue weighted by atomic mass is 79.9. The summed E-state index contributed by atoms with van der Waals surface area (Å²) in [6.07, 6.45) is 5.38. The normalized spacial score (nSPS) is 16.3. The van der Waals surface area contributed by atoms with Gasteiger partial charge < -0.3 is 9.88 Å². The summed E-state index contributed by atoms with van der Waals surface area (Å²) in [4.78, 5) is 21.7. The van der Waals surface area contributed by atoms with E-state index in [4.69, 9.17) is 0 Å². The van der Waals surface area contributed by atoms with E-state index in [9.17, 15) is 14.9 Å². The Kier molecular flexibility index (Phi) is 4.36. The summed E-state index contributed by atoms with van der Waals surface area (Å²) in [5, 5.41) is 14.2. The number of hydrogen-bond acceptors (Lipinski definition) is 4. The smallest absolute Gasteiger partial charge is 0.333 e. The monoisotopic (exact) mass is 329 g/mol. The quantitative estimate of drug-likeness (QED) is 0.638. The molecule has 1 fully saturated rings. The highest BCUT2D eigenvalue weighted by Gasteiger charge is 2.21. The number of aromatic nitrogens is 1. The van der Waals surface area contributed by atoms with Crippen molar-refractivity contribution in [2.24, 2.45) is 5.92 Å². The van der Waals surface area contributed by atoms with Crippen LogP contribution in [0, 0.1) is 16.0 Å². The number of nitrogens with one attached hydrogen (secondary N) is 1. The molecule has 0 amide bonds. The Morgan fingerprint density at radius 3 is 2.84 bits per heavy atom. The van der Waals surface area contributed by atoms with E-state index in [2.05, 4.69) is 28.2 Å². The Bertz CT molecular complexity index is 540. The van der Waals surface area contributed by atoms with Crippen LogP contribution >= 0.6 is 15.9 Å². The van der Waals surface area contributed by atoms with Crippen LogP contribution in [-0.4, -0.2) is 22.1 Å². The van der Waals surface area contributed by atoms with E-state index in [1.54, 1.807) is 10.8 Å². The van der Waals surface area contributed by atoms with E-state index in [1.165, 1.54) is 19.0 Å². The molecule has 1 aliphatic carbocycles. The molecule has 6 nitrogen and oxygen atoms in total. The van der Waals surface area contributed by atoms with Crippen molar-refractivity contribution < 1.29 is 4.92 Å². The third-order valence-corrected chi connectivity index (χ3v) is 3.63. The number of rotatable bonds is 6. The van der Waals surface area contributed by atoms with Crippen molar-refractivity contribution in [3.8, 4) is 0 Å². The maximum Gasteiger partial charge on any atom is 0.333 e. The summed E-state index contributed by atoms with van der Waals surface area (Å²) in [7, 11) is 0. The first-order valence-corrected chi connectivity index (χ1v) is 7.04. The maximum atomic E-state index is 11.6. The van der Waals surface area contributed by atoms with Crippen LogP contribution in [0.4, 0.5) is 5.69 Å². The molecule has 7 heteroatoms. The lowest BCUT2D eigenvalue weighted by Crippen LogP contribution is -2.26. The average molecular weight is 330 g/mol. The second-order valence-corrected chi connectivity index (χ2v) is 5.92. The maximum absolute atomic E-state index is 11.6. The molecule has 1 aromatic rings. The van der Waals surface area contributed by atoms with Crippen molar-refractivity contribution in [3.05, 3.63) is 37.2 Å². The second-order valence-electron chi connectivity index (χ2n) is 5.06. The predicted octanol–water partition coefficient (Wildman–Crippen LogP) is 1.91. The van der Waals surface area contributed by atoms with Crippen LogP contribution in [0.1, 0.15) is 19.8 Å². The van der Waals surface area contributed by atoms with Gasteiger partial charge in [0.2, 0.25) is 0 Å². The van der Waals surface area contributed by atoms with Crippen molar-refractivity contribution in [2.45, 2.75) is 32.4 Å². The molecule has 1 unspecified atom stereocenters. The van der Waals surface area contributed by atoms with Crippen LogP contribution in [0.3, 0.4) is 0 Å². The molecular formula is C12H16BrN3O3. The first-order chi connectivity index (χ1) is 8.97. The largest absolute Gasteiger partial charge is 0.347 e. The minimum Gasteiger partial charge on any atom is -0.347 e. The summed E-state index contributed by atoms with van der Waals surface area (Å²) in [6, 6.07) is 0.651. The molecule has 0 aromatic carbocycles. The van der Waals surface area contributed by atoms with Gasteiger partial charge in [0.05, 0.1) is 15.6 Å². The summed E-state index contributed by atoms with van der Waals surface area (Å²) in [6.45, 7) is 3.59. The lowest BCUT2D eigenvalue weighted by Gasteiger charge is -2.14. The summed E-state index contributed by atoms with van der Waals surface area (Å²) in [5.41, 5.74) is -0.971. The molecule has 104 valence electrons. The molecule has 1 N–H and O–H groups in total. The van der Waals surface area contributed by atoms with Crippen LogP contribution in [0.15, 0.2) is 21.7 Å². The number of nitro groups is 1. The Balaban J connectivity index is 2.06. The van der Waals surface area contributed by atoms with Gasteiger partial charge in [-0.3, -0.25) is 14.9 Å². The topological polar surface area (TPSA) is 77.2 Å². The predicted molar refractivity (Wildman–Crippen MR) is 75.2 cm³/mol. The van der Waals surface area contributed by atoms with Gasteiger partial charge in [0.25, 0.3) is 5.43 Å². The third-order valence-electron chi connectivity index (χ3n) is 3.07. The van der Waals surface area contributed by atoms with Gasteiger partial charge in [-0.05, 0) is 41.2 Å². The van der Waals surface area contributed by atoms with Gasteiger partial charge in [-0.25, -0.2) is 0 Å². The lowest BCUT2D eigenvalue weighted by molar-refractivity contribution is -0.386. The summed E-state index contributed by atoms with van der Waals surface area (Å²) < 4.78 is 1.92. The standard InChI is InChI=1S/C12H16BrN3O3/c1-8(4-14-9-2-3-9)5-15-6-10(13)12(17)11(7-15)16(18)19/h6-9,14H,2-5H2,1H3. The number of hydrogen-bond donors (Lipinski definition) is 1. The van der Waals surface area contributed by atoms with Crippen LogP contribution in [0.5, 0.6) is 0 Å². The molecule has 0 bridgehead atoms.